The Labute approximate surface area is 183 Å². The van der Waals surface area contributed by atoms with Crippen molar-refractivity contribution in [3.05, 3.63) is 94.3 Å². The van der Waals surface area contributed by atoms with Gasteiger partial charge in [0.1, 0.15) is 4.75 Å². The van der Waals surface area contributed by atoms with Crippen molar-refractivity contribution in [2.45, 2.75) is 25.0 Å². The number of nitrogens with zero attached hydrogens (tertiary/aromatic N) is 1. The zero-order chi connectivity index (χ0) is 22.1. The van der Waals surface area contributed by atoms with E-state index in [2.05, 4.69) is 0 Å². The molecule has 1 unspecified atom stereocenters. The summed E-state index contributed by atoms with van der Waals surface area (Å²) in [5.74, 6) is 0. The maximum atomic E-state index is 12.7. The molecule has 0 bridgehead atoms. The van der Waals surface area contributed by atoms with Gasteiger partial charge in [0.15, 0.2) is 0 Å². The van der Waals surface area contributed by atoms with E-state index in [4.69, 9.17) is 17.4 Å². The van der Waals surface area contributed by atoms with Gasteiger partial charge in [0.25, 0.3) is 0 Å². The molecule has 0 aliphatic heterocycles. The lowest BCUT2D eigenvalue weighted by Crippen LogP contribution is -2.46. The number of aromatic nitrogens is 1. The predicted molar refractivity (Wildman–Crippen MR) is 124 cm³/mol. The molecule has 2 aromatic carbocycles. The maximum Gasteiger partial charge on any atom is 0.221 e. The number of sulfonamides is 1. The largest absolute Gasteiger partial charge is 0.394 e. The lowest BCUT2D eigenvalue weighted by molar-refractivity contribution is 0.238. The molecule has 158 valence electrons. The fraction of sp³-hybridized carbons (Fsp3) is 0.261. The molecule has 7 heteroatoms. The first-order chi connectivity index (χ1) is 14.1. The number of benzene rings is 2. The highest BCUT2D eigenvalue weighted by Gasteiger charge is 2.44. The second-order valence-corrected chi connectivity index (χ2v) is 9.94. The summed E-state index contributed by atoms with van der Waals surface area (Å²) < 4.78 is 25.6. The molecule has 1 atom stereocenters. The molecule has 3 N–H and O–H groups in total. The summed E-state index contributed by atoms with van der Waals surface area (Å²) in [5, 5.41) is 15.9. The van der Waals surface area contributed by atoms with Crippen LogP contribution < -0.4 is 5.14 Å². The standard InChI is InChI=1S/C23H26N2O3S2/c1-16-9-11-18(12-10-16)22(29)21-17(2)13-20(25(21)3)14-23(15-26,30(24,27)28)19-7-5-4-6-8-19/h4-13,26H,14-15H2,1-3H3,(H2,24,27,28). The van der Waals surface area contributed by atoms with Crippen LogP contribution in [0.3, 0.4) is 0 Å². The van der Waals surface area contributed by atoms with Gasteiger partial charge in [0, 0.05) is 19.2 Å². The Balaban J connectivity index is 2.09. The van der Waals surface area contributed by atoms with Gasteiger partial charge in [-0.15, -0.1) is 0 Å². The van der Waals surface area contributed by atoms with Crippen molar-refractivity contribution in [1.29, 1.82) is 0 Å². The second kappa shape index (κ2) is 8.43. The minimum Gasteiger partial charge on any atom is -0.394 e. The van der Waals surface area contributed by atoms with E-state index in [1.54, 1.807) is 30.3 Å². The number of aliphatic hydroxyl groups excluding tert-OH is 1. The molecule has 3 aromatic rings. The van der Waals surface area contributed by atoms with Crippen molar-refractivity contribution in [1.82, 2.24) is 4.57 Å². The molecule has 0 radical (unpaired) electrons. The van der Waals surface area contributed by atoms with Crippen molar-refractivity contribution < 1.29 is 13.5 Å². The summed E-state index contributed by atoms with van der Waals surface area (Å²) in [6.45, 7) is 3.33. The van der Waals surface area contributed by atoms with E-state index in [0.29, 0.717) is 10.4 Å². The summed E-state index contributed by atoms with van der Waals surface area (Å²) in [4.78, 5) is 0.686. The van der Waals surface area contributed by atoms with E-state index in [-0.39, 0.29) is 6.42 Å². The summed E-state index contributed by atoms with van der Waals surface area (Å²) in [5.41, 5.74) is 5.04. The summed E-state index contributed by atoms with van der Waals surface area (Å²) in [7, 11) is -2.27. The SMILES string of the molecule is Cc1ccc(C(=S)c2c(C)cc(CC(CO)(c3ccccc3)S(N)(=O)=O)n2C)cc1. The molecule has 0 aliphatic carbocycles. The third kappa shape index (κ3) is 3.98. The minimum atomic E-state index is -4.12. The summed E-state index contributed by atoms with van der Waals surface area (Å²) in [6.07, 6.45) is 0.0280. The molecule has 0 saturated carbocycles. The molecule has 5 nitrogen and oxygen atoms in total. The van der Waals surface area contributed by atoms with E-state index >= 15 is 0 Å². The van der Waals surface area contributed by atoms with Crippen LogP contribution in [0.1, 0.15) is 33.6 Å². The Kier molecular flexibility index (Phi) is 6.29. The van der Waals surface area contributed by atoms with Gasteiger partial charge in [0.2, 0.25) is 10.0 Å². The van der Waals surface area contributed by atoms with Crippen molar-refractivity contribution in [3.63, 3.8) is 0 Å². The van der Waals surface area contributed by atoms with Gasteiger partial charge < -0.3 is 9.67 Å². The quantitative estimate of drug-likeness (QED) is 0.435. The van der Waals surface area contributed by atoms with Crippen LogP contribution in [0.5, 0.6) is 0 Å². The molecule has 0 spiro atoms. The van der Waals surface area contributed by atoms with Gasteiger partial charge in [0.05, 0.1) is 17.2 Å². The first-order valence-electron chi connectivity index (χ1n) is 9.56. The monoisotopic (exact) mass is 442 g/mol. The number of thiocarbonyl (C=S) groups is 1. The van der Waals surface area contributed by atoms with E-state index in [1.807, 2.05) is 55.8 Å². The number of hydrogen-bond donors (Lipinski definition) is 2. The Morgan fingerprint density at radius 2 is 1.70 bits per heavy atom. The number of aliphatic hydroxyl groups is 1. The molecular weight excluding hydrogens is 416 g/mol. The molecule has 0 saturated heterocycles. The Hall–Kier alpha value is -2.32. The van der Waals surface area contributed by atoms with E-state index in [1.165, 1.54) is 0 Å². The molecular formula is C23H26N2O3S2. The average molecular weight is 443 g/mol. The highest BCUT2D eigenvalue weighted by Crippen LogP contribution is 2.34. The fourth-order valence-electron chi connectivity index (χ4n) is 3.80. The van der Waals surface area contributed by atoms with Crippen LogP contribution in [-0.4, -0.2) is 29.6 Å². The van der Waals surface area contributed by atoms with Gasteiger partial charge >= 0.3 is 0 Å². The van der Waals surface area contributed by atoms with Gasteiger partial charge in [-0.1, -0.05) is 72.4 Å². The zero-order valence-electron chi connectivity index (χ0n) is 17.3. The molecule has 0 aliphatic rings. The lowest BCUT2D eigenvalue weighted by atomic mass is 9.93. The van der Waals surface area contributed by atoms with Crippen molar-refractivity contribution in [2.24, 2.45) is 12.2 Å². The number of aryl methyl sites for hydroxylation is 2. The maximum absolute atomic E-state index is 12.7. The number of rotatable bonds is 7. The van der Waals surface area contributed by atoms with E-state index < -0.39 is 21.4 Å². The van der Waals surface area contributed by atoms with Crippen LogP contribution in [0.4, 0.5) is 0 Å². The molecule has 1 heterocycles. The predicted octanol–water partition coefficient (Wildman–Crippen LogP) is 3.13. The molecule has 0 fully saturated rings. The minimum absolute atomic E-state index is 0.0280. The van der Waals surface area contributed by atoms with E-state index in [0.717, 1.165) is 28.1 Å². The zero-order valence-corrected chi connectivity index (χ0v) is 18.9. The second-order valence-electron chi connectivity index (χ2n) is 7.66. The first-order valence-corrected chi connectivity index (χ1v) is 11.5. The van der Waals surface area contributed by atoms with Crippen molar-refractivity contribution in [3.8, 4) is 0 Å². The molecule has 0 amide bonds. The van der Waals surface area contributed by atoms with Crippen LogP contribution in [0, 0.1) is 13.8 Å². The van der Waals surface area contributed by atoms with Crippen LogP contribution in [0.2, 0.25) is 0 Å². The summed E-state index contributed by atoms with van der Waals surface area (Å²) >= 11 is 5.74. The van der Waals surface area contributed by atoms with Crippen LogP contribution in [0.15, 0.2) is 60.7 Å². The van der Waals surface area contributed by atoms with Gasteiger partial charge in [-0.2, -0.15) is 0 Å². The third-order valence-corrected chi connectivity index (χ3v) is 7.65. The van der Waals surface area contributed by atoms with Crippen molar-refractivity contribution in [2.75, 3.05) is 6.61 Å². The first kappa shape index (κ1) is 22.4. The molecule has 1 aromatic heterocycles. The fourth-order valence-corrected chi connectivity index (χ4v) is 5.23. The van der Waals surface area contributed by atoms with Crippen LogP contribution >= 0.6 is 12.2 Å². The van der Waals surface area contributed by atoms with Gasteiger partial charge in [-0.05, 0) is 36.6 Å². The molecule has 3 rings (SSSR count). The van der Waals surface area contributed by atoms with Crippen LogP contribution in [0.25, 0.3) is 0 Å². The third-order valence-electron chi connectivity index (χ3n) is 5.62. The average Bonchev–Trinajstić information content (AvgIpc) is 2.98. The highest BCUT2D eigenvalue weighted by atomic mass is 32.2. The number of hydrogen-bond acceptors (Lipinski definition) is 4. The Morgan fingerprint density at radius 3 is 2.23 bits per heavy atom. The smallest absolute Gasteiger partial charge is 0.221 e. The van der Waals surface area contributed by atoms with Gasteiger partial charge in [-0.3, -0.25) is 0 Å². The lowest BCUT2D eigenvalue weighted by Gasteiger charge is -2.30. The van der Waals surface area contributed by atoms with Crippen molar-refractivity contribution >= 4 is 27.1 Å². The number of nitrogens with two attached hydrogens (primary N) is 1. The summed E-state index contributed by atoms with van der Waals surface area (Å²) in [6, 6.07) is 18.5. The Bertz CT molecular complexity index is 1170. The normalized spacial score (nSPS) is 13.8. The van der Waals surface area contributed by atoms with Crippen LogP contribution in [-0.2, 0) is 28.2 Å². The Morgan fingerprint density at radius 1 is 1.10 bits per heavy atom. The van der Waals surface area contributed by atoms with E-state index in [9.17, 15) is 13.5 Å². The number of primary sulfonamides is 1. The topological polar surface area (TPSA) is 85.3 Å². The molecule has 30 heavy (non-hydrogen) atoms. The van der Waals surface area contributed by atoms with Gasteiger partial charge in [-0.25, -0.2) is 13.6 Å². The highest BCUT2D eigenvalue weighted by molar-refractivity contribution is 7.90.